The Morgan fingerprint density at radius 2 is 2.38 bits per heavy atom. The van der Waals surface area contributed by atoms with Crippen molar-refractivity contribution in [3.8, 4) is 0 Å². The van der Waals surface area contributed by atoms with E-state index >= 15 is 0 Å². The second-order valence-corrected chi connectivity index (χ2v) is 2.95. The molecular weight excluding hydrogens is 174 g/mol. The van der Waals surface area contributed by atoms with Crippen LogP contribution in [-0.2, 0) is 0 Å². The first-order valence-electron chi connectivity index (χ1n) is 3.86. The monoisotopic (exact) mass is 185 g/mol. The predicted molar refractivity (Wildman–Crippen MR) is 43.0 cm³/mol. The van der Waals surface area contributed by atoms with Crippen LogP contribution in [0.5, 0.6) is 0 Å². The molecule has 1 amide bonds. The summed E-state index contributed by atoms with van der Waals surface area (Å²) in [6, 6.07) is -0.444. The van der Waals surface area contributed by atoms with Crippen molar-refractivity contribution in [2.24, 2.45) is 5.92 Å². The number of amides is 1. The Morgan fingerprint density at radius 3 is 2.77 bits per heavy atom. The van der Waals surface area contributed by atoms with Gasteiger partial charge in [0.15, 0.2) is 0 Å². The van der Waals surface area contributed by atoms with Crippen LogP contribution in [0.4, 0.5) is 4.79 Å². The van der Waals surface area contributed by atoms with Gasteiger partial charge < -0.3 is 14.8 Å². The number of aromatic nitrogens is 2. The summed E-state index contributed by atoms with van der Waals surface area (Å²) in [7, 11) is 0. The zero-order chi connectivity index (χ0) is 9.84. The summed E-state index contributed by atoms with van der Waals surface area (Å²) in [5, 5.41) is 18.0. The van der Waals surface area contributed by atoms with Crippen LogP contribution in [0.3, 0.4) is 0 Å². The maximum absolute atomic E-state index is 10.4. The molecular formula is C7H11N3O3. The van der Waals surface area contributed by atoms with E-state index in [-0.39, 0.29) is 11.8 Å². The number of hydrogen-bond donors (Lipinski definition) is 2. The SMILES string of the molecule is CC(C)[C@@H](NC(=O)O)c1nnco1. The summed E-state index contributed by atoms with van der Waals surface area (Å²) in [5.74, 6) is 0.356. The predicted octanol–water partition coefficient (Wildman–Crippen LogP) is 1.03. The Labute approximate surface area is 75.0 Å². The molecule has 0 saturated carbocycles. The summed E-state index contributed by atoms with van der Waals surface area (Å²) in [4.78, 5) is 10.4. The molecule has 0 spiro atoms. The van der Waals surface area contributed by atoms with Gasteiger partial charge in [-0.25, -0.2) is 4.79 Å². The van der Waals surface area contributed by atoms with E-state index in [1.165, 1.54) is 6.39 Å². The fraction of sp³-hybridized carbons (Fsp3) is 0.571. The van der Waals surface area contributed by atoms with Crippen LogP contribution >= 0.6 is 0 Å². The summed E-state index contributed by atoms with van der Waals surface area (Å²) in [5.41, 5.74) is 0. The maximum Gasteiger partial charge on any atom is 0.405 e. The summed E-state index contributed by atoms with van der Waals surface area (Å²) in [6.07, 6.45) is 0.0748. The average Bonchev–Trinajstić information content (AvgIpc) is 2.50. The van der Waals surface area contributed by atoms with Crippen molar-refractivity contribution in [1.29, 1.82) is 0 Å². The van der Waals surface area contributed by atoms with Gasteiger partial charge in [0.1, 0.15) is 6.04 Å². The van der Waals surface area contributed by atoms with Crippen LogP contribution in [0.2, 0.25) is 0 Å². The number of nitrogens with zero attached hydrogens (tertiary/aromatic N) is 2. The van der Waals surface area contributed by atoms with Crippen molar-refractivity contribution in [1.82, 2.24) is 15.5 Å². The van der Waals surface area contributed by atoms with E-state index in [0.717, 1.165) is 0 Å². The summed E-state index contributed by atoms with van der Waals surface area (Å²) in [6.45, 7) is 3.73. The number of carbonyl (C=O) groups is 1. The van der Waals surface area contributed by atoms with Crippen LogP contribution in [0, 0.1) is 5.92 Å². The second kappa shape index (κ2) is 3.88. The molecule has 0 saturated heterocycles. The lowest BCUT2D eigenvalue weighted by Gasteiger charge is -2.15. The first-order valence-corrected chi connectivity index (χ1v) is 3.86. The quantitative estimate of drug-likeness (QED) is 0.734. The largest absolute Gasteiger partial charge is 0.465 e. The molecule has 0 aliphatic carbocycles. The number of nitrogens with one attached hydrogen (secondary N) is 1. The van der Waals surface area contributed by atoms with Crippen LogP contribution in [-0.4, -0.2) is 21.4 Å². The van der Waals surface area contributed by atoms with Gasteiger partial charge >= 0.3 is 6.09 Å². The lowest BCUT2D eigenvalue weighted by molar-refractivity contribution is 0.182. The van der Waals surface area contributed by atoms with Gasteiger partial charge in [0.05, 0.1) is 0 Å². The maximum atomic E-state index is 10.4. The van der Waals surface area contributed by atoms with Gasteiger partial charge in [-0.05, 0) is 5.92 Å². The first kappa shape index (κ1) is 9.50. The molecule has 1 aromatic rings. The van der Waals surface area contributed by atoms with E-state index in [1.54, 1.807) is 0 Å². The lowest BCUT2D eigenvalue weighted by Crippen LogP contribution is -2.30. The Morgan fingerprint density at radius 1 is 1.69 bits per heavy atom. The summed E-state index contributed by atoms with van der Waals surface area (Å²) >= 11 is 0. The van der Waals surface area contributed by atoms with E-state index in [4.69, 9.17) is 9.52 Å². The summed E-state index contributed by atoms with van der Waals surface area (Å²) < 4.78 is 4.91. The fourth-order valence-electron chi connectivity index (χ4n) is 0.964. The molecule has 2 N–H and O–H groups in total. The Bertz CT molecular complexity index is 271. The molecule has 0 radical (unpaired) electrons. The highest BCUT2D eigenvalue weighted by Crippen LogP contribution is 2.18. The van der Waals surface area contributed by atoms with Crippen LogP contribution < -0.4 is 5.32 Å². The van der Waals surface area contributed by atoms with Gasteiger partial charge in [0, 0.05) is 0 Å². The van der Waals surface area contributed by atoms with Crippen molar-refractivity contribution in [3.63, 3.8) is 0 Å². The van der Waals surface area contributed by atoms with Crippen molar-refractivity contribution >= 4 is 6.09 Å². The Kier molecular flexibility index (Phi) is 2.84. The highest BCUT2D eigenvalue weighted by molar-refractivity contribution is 5.64. The molecule has 13 heavy (non-hydrogen) atoms. The smallest absolute Gasteiger partial charge is 0.405 e. The third-order valence-electron chi connectivity index (χ3n) is 1.59. The van der Waals surface area contributed by atoms with E-state index in [9.17, 15) is 4.79 Å². The van der Waals surface area contributed by atoms with E-state index in [0.29, 0.717) is 0 Å². The Balaban J connectivity index is 2.74. The standard InChI is InChI=1S/C7H11N3O3/c1-4(2)5(9-7(11)12)6-10-8-3-13-6/h3-5,9H,1-2H3,(H,11,12)/t5-/m1/s1. The molecule has 72 valence electrons. The van der Waals surface area contributed by atoms with Gasteiger partial charge in [-0.15, -0.1) is 10.2 Å². The molecule has 1 rings (SSSR count). The molecule has 0 bridgehead atoms. The van der Waals surface area contributed by atoms with Crippen molar-refractivity contribution < 1.29 is 14.3 Å². The molecule has 0 fully saturated rings. The minimum absolute atomic E-state index is 0.0662. The first-order chi connectivity index (χ1) is 6.11. The van der Waals surface area contributed by atoms with Crippen molar-refractivity contribution in [3.05, 3.63) is 12.3 Å². The van der Waals surface area contributed by atoms with E-state index < -0.39 is 12.1 Å². The van der Waals surface area contributed by atoms with Gasteiger partial charge in [-0.3, -0.25) is 0 Å². The number of carboxylic acid groups (broad SMARTS) is 1. The minimum atomic E-state index is -1.10. The molecule has 0 aliphatic heterocycles. The molecule has 0 aliphatic rings. The zero-order valence-electron chi connectivity index (χ0n) is 7.39. The third-order valence-corrected chi connectivity index (χ3v) is 1.59. The average molecular weight is 185 g/mol. The molecule has 6 nitrogen and oxygen atoms in total. The molecule has 0 aromatic carbocycles. The number of rotatable bonds is 3. The van der Waals surface area contributed by atoms with Crippen LogP contribution in [0.15, 0.2) is 10.8 Å². The minimum Gasteiger partial charge on any atom is -0.465 e. The van der Waals surface area contributed by atoms with E-state index in [2.05, 4.69) is 15.5 Å². The topological polar surface area (TPSA) is 88.2 Å². The van der Waals surface area contributed by atoms with Gasteiger partial charge in [-0.2, -0.15) is 0 Å². The third kappa shape index (κ3) is 2.43. The lowest BCUT2D eigenvalue weighted by atomic mass is 10.1. The van der Waals surface area contributed by atoms with Gasteiger partial charge in [0.2, 0.25) is 12.3 Å². The molecule has 1 atom stereocenters. The molecule has 0 unspecified atom stereocenters. The van der Waals surface area contributed by atoms with Crippen LogP contribution in [0.25, 0.3) is 0 Å². The highest BCUT2D eigenvalue weighted by atomic mass is 16.4. The fourth-order valence-corrected chi connectivity index (χ4v) is 0.964. The van der Waals surface area contributed by atoms with Crippen molar-refractivity contribution in [2.75, 3.05) is 0 Å². The molecule has 6 heteroatoms. The van der Waals surface area contributed by atoms with Crippen molar-refractivity contribution in [2.45, 2.75) is 19.9 Å². The van der Waals surface area contributed by atoms with Gasteiger partial charge in [0.25, 0.3) is 0 Å². The Hall–Kier alpha value is -1.59. The molecule has 1 aromatic heterocycles. The van der Waals surface area contributed by atoms with Gasteiger partial charge in [-0.1, -0.05) is 13.8 Å². The normalized spacial score (nSPS) is 12.8. The zero-order valence-corrected chi connectivity index (χ0v) is 7.39. The van der Waals surface area contributed by atoms with E-state index in [1.807, 2.05) is 13.8 Å². The molecule has 1 heterocycles. The number of hydrogen-bond acceptors (Lipinski definition) is 4. The second-order valence-electron chi connectivity index (χ2n) is 2.95. The van der Waals surface area contributed by atoms with Crippen LogP contribution in [0.1, 0.15) is 25.8 Å². The highest BCUT2D eigenvalue weighted by Gasteiger charge is 2.22.